The highest BCUT2D eigenvalue weighted by Crippen LogP contribution is 2.46. The minimum absolute atomic E-state index is 0.00524. The van der Waals surface area contributed by atoms with Gasteiger partial charge < -0.3 is 14.8 Å². The van der Waals surface area contributed by atoms with Crippen molar-refractivity contribution in [3.05, 3.63) is 40.4 Å². The van der Waals surface area contributed by atoms with E-state index >= 15 is 8.78 Å². The summed E-state index contributed by atoms with van der Waals surface area (Å²) in [6.45, 7) is 7.58. The molecule has 0 unspecified atom stereocenters. The fraction of sp³-hybridized carbons (Fsp3) is 0.459. The second kappa shape index (κ2) is 15.2. The Bertz CT molecular complexity index is 2210. The molecule has 4 aromatic rings. The molecule has 0 saturated carbocycles. The van der Waals surface area contributed by atoms with Crippen LogP contribution in [0.2, 0.25) is 5.02 Å². The molecule has 4 heterocycles. The van der Waals surface area contributed by atoms with E-state index in [1.807, 2.05) is 6.07 Å². The van der Waals surface area contributed by atoms with Crippen LogP contribution in [0, 0.1) is 23.0 Å². The Balaban J connectivity index is 1.42. The van der Waals surface area contributed by atoms with Crippen molar-refractivity contribution in [2.45, 2.75) is 77.1 Å². The van der Waals surface area contributed by atoms with Crippen molar-refractivity contribution in [1.82, 2.24) is 19.8 Å². The van der Waals surface area contributed by atoms with Crippen LogP contribution in [-0.2, 0) is 14.3 Å². The van der Waals surface area contributed by atoms with Crippen LogP contribution in [0.4, 0.5) is 28.8 Å². The number of nitrogens with one attached hydrogen (secondary N) is 2. The summed E-state index contributed by atoms with van der Waals surface area (Å²) >= 11 is 7.60. The van der Waals surface area contributed by atoms with E-state index in [0.29, 0.717) is 13.0 Å². The number of nitriles is 1. The lowest BCUT2D eigenvalue weighted by Gasteiger charge is -2.30. The first-order valence-corrected chi connectivity index (χ1v) is 18.6. The minimum Gasteiger partial charge on any atom is -0.461 e. The van der Waals surface area contributed by atoms with Gasteiger partial charge in [0.25, 0.3) is 0 Å². The van der Waals surface area contributed by atoms with Crippen molar-refractivity contribution in [1.29, 1.82) is 5.26 Å². The van der Waals surface area contributed by atoms with Crippen molar-refractivity contribution in [3.63, 3.8) is 0 Å². The molecular weight excluding hydrogens is 747 g/mol. The molecule has 0 bridgehead atoms. The van der Waals surface area contributed by atoms with Gasteiger partial charge >= 0.3 is 12.1 Å². The lowest BCUT2D eigenvalue weighted by Crippen LogP contribution is -2.43. The van der Waals surface area contributed by atoms with Crippen LogP contribution in [0.1, 0.15) is 65.4 Å². The van der Waals surface area contributed by atoms with Gasteiger partial charge in [0.1, 0.15) is 46.6 Å². The van der Waals surface area contributed by atoms with Gasteiger partial charge in [-0.2, -0.15) is 15.2 Å². The number of hydrogen-bond acceptors (Lipinski definition) is 11. The zero-order chi connectivity index (χ0) is 39.1. The second-order valence-electron chi connectivity index (χ2n) is 14.5. The summed E-state index contributed by atoms with van der Waals surface area (Å²) in [6, 6.07) is 5.67. The third kappa shape index (κ3) is 7.75. The maximum absolute atomic E-state index is 17.0. The van der Waals surface area contributed by atoms with Crippen LogP contribution in [0.3, 0.4) is 0 Å². The molecule has 2 aliphatic rings. The number of thiophene rings is 1. The zero-order valence-corrected chi connectivity index (χ0v) is 31.9. The highest BCUT2D eigenvalue weighted by atomic mass is 35.5. The van der Waals surface area contributed by atoms with Crippen molar-refractivity contribution in [2.24, 2.45) is 0 Å². The van der Waals surface area contributed by atoms with E-state index in [2.05, 4.69) is 25.5 Å². The number of hydrogen-bond donors (Lipinski definition) is 2. The van der Waals surface area contributed by atoms with Crippen molar-refractivity contribution >= 4 is 72.7 Å². The second-order valence-corrected chi connectivity index (χ2v) is 15.9. The summed E-state index contributed by atoms with van der Waals surface area (Å²) in [6.07, 6.45) is 0.366. The monoisotopic (exact) mass is 785 g/mol. The quantitative estimate of drug-likeness (QED) is 0.153. The normalized spacial score (nSPS) is 18.4. The first-order chi connectivity index (χ1) is 25.5. The number of amides is 3. The molecule has 2 aliphatic heterocycles. The average molecular weight is 786 g/mol. The number of anilines is 2. The molecule has 2 aromatic carbocycles. The Kier molecular flexibility index (Phi) is 11.0. The van der Waals surface area contributed by atoms with Crippen LogP contribution in [0.15, 0.2) is 18.2 Å². The molecule has 2 atom stereocenters. The molecule has 17 heteroatoms. The van der Waals surface area contributed by atoms with Gasteiger partial charge in [0, 0.05) is 56.2 Å². The molecule has 286 valence electrons. The number of rotatable bonds is 10. The summed E-state index contributed by atoms with van der Waals surface area (Å²) in [4.78, 5) is 48.7. The molecule has 2 N–H and O–H groups in total. The van der Waals surface area contributed by atoms with Crippen LogP contribution >= 0.6 is 22.9 Å². The third-order valence-corrected chi connectivity index (χ3v) is 11.0. The van der Waals surface area contributed by atoms with Crippen molar-refractivity contribution in [3.8, 4) is 23.2 Å². The van der Waals surface area contributed by atoms with Gasteiger partial charge in [-0.3, -0.25) is 24.7 Å². The van der Waals surface area contributed by atoms with Gasteiger partial charge in [-0.25, -0.2) is 18.0 Å². The third-order valence-electron chi connectivity index (χ3n) is 9.59. The minimum atomic E-state index is -1.00. The lowest BCUT2D eigenvalue weighted by atomic mass is 9.95. The number of carbonyl (C=O) groups is 3. The van der Waals surface area contributed by atoms with E-state index in [-0.39, 0.29) is 91.4 Å². The Morgan fingerprint density at radius 2 is 2.00 bits per heavy atom. The first kappa shape index (κ1) is 39.0. The molecule has 2 saturated heterocycles. The van der Waals surface area contributed by atoms with E-state index < -0.39 is 40.9 Å². The van der Waals surface area contributed by atoms with E-state index in [0.717, 1.165) is 41.7 Å². The molecule has 0 spiro atoms. The van der Waals surface area contributed by atoms with Crippen LogP contribution in [0.25, 0.3) is 32.1 Å². The number of halogens is 4. The number of fused-ring (bicyclic) bond motifs is 3. The molecule has 3 amide bonds. The van der Waals surface area contributed by atoms with Gasteiger partial charge in [0.15, 0.2) is 5.82 Å². The average Bonchev–Trinajstić information content (AvgIpc) is 3.75. The summed E-state index contributed by atoms with van der Waals surface area (Å²) in [5, 5.41) is 15.9. The SMILES string of the molecule is CC(=O)N(C)C(=O)CCCNc1nc(OC[C@@]23CCCN2C[C@H](F)C3)nc2c(F)c(-c3ccc(F)c4sc(NC(=O)OC(C)(C)C)c(C#N)c34)c(Cl)cc12. The van der Waals surface area contributed by atoms with E-state index in [4.69, 9.17) is 21.1 Å². The van der Waals surface area contributed by atoms with Crippen molar-refractivity contribution in [2.75, 3.05) is 43.9 Å². The number of carbonyl (C=O) groups excluding carboxylic acids is 3. The van der Waals surface area contributed by atoms with Crippen LogP contribution in [0.5, 0.6) is 6.01 Å². The molecule has 0 radical (unpaired) electrons. The van der Waals surface area contributed by atoms with Crippen LogP contribution in [-0.4, -0.2) is 88.3 Å². The number of alkyl halides is 1. The van der Waals surface area contributed by atoms with Gasteiger partial charge in [-0.05, 0) is 64.3 Å². The van der Waals surface area contributed by atoms with Gasteiger partial charge in [-0.15, -0.1) is 11.3 Å². The summed E-state index contributed by atoms with van der Waals surface area (Å²) < 4.78 is 58.3. The number of aromatic nitrogens is 2. The molecule has 2 aromatic heterocycles. The van der Waals surface area contributed by atoms with Crippen molar-refractivity contribution < 1.29 is 37.0 Å². The number of imide groups is 1. The fourth-order valence-electron chi connectivity index (χ4n) is 7.03. The zero-order valence-electron chi connectivity index (χ0n) is 30.4. The fourth-order valence-corrected chi connectivity index (χ4v) is 8.39. The molecule has 0 aliphatic carbocycles. The highest BCUT2D eigenvalue weighted by Gasteiger charge is 2.49. The topological polar surface area (TPSA) is 150 Å². The molecule has 2 fully saturated rings. The van der Waals surface area contributed by atoms with E-state index in [1.165, 1.54) is 26.1 Å². The largest absolute Gasteiger partial charge is 0.461 e. The van der Waals surface area contributed by atoms with Crippen LogP contribution < -0.4 is 15.4 Å². The van der Waals surface area contributed by atoms with Gasteiger partial charge in [-0.1, -0.05) is 17.7 Å². The summed E-state index contributed by atoms with van der Waals surface area (Å²) in [5.41, 5.74) is -1.83. The number of benzene rings is 2. The van der Waals surface area contributed by atoms with E-state index in [1.54, 1.807) is 20.8 Å². The Hall–Kier alpha value is -4.72. The highest BCUT2D eigenvalue weighted by molar-refractivity contribution is 7.23. The smallest absolute Gasteiger partial charge is 0.412 e. The summed E-state index contributed by atoms with van der Waals surface area (Å²) in [7, 11) is 1.39. The van der Waals surface area contributed by atoms with E-state index in [9.17, 15) is 24.0 Å². The van der Waals surface area contributed by atoms with Gasteiger partial charge in [0.05, 0.1) is 20.8 Å². The molecule has 54 heavy (non-hydrogen) atoms. The Labute approximate surface area is 318 Å². The Morgan fingerprint density at radius 3 is 2.70 bits per heavy atom. The molecule has 12 nitrogen and oxygen atoms in total. The first-order valence-electron chi connectivity index (χ1n) is 17.4. The lowest BCUT2D eigenvalue weighted by molar-refractivity contribution is -0.141. The number of ether oxygens (including phenoxy) is 2. The standard InChI is InChI=1S/C37H39ClF3N7O5S/c1-19(49)47(5)26(50)8-6-12-43-32-22-14-24(38)28(29(41)30(22)44-34(45-32)52-18-37-11-7-13-48(37)17-20(39)15-37)21-9-10-25(40)31-27(21)23(16-42)33(54-31)46-35(51)53-36(2,3)4/h9-10,14,20H,6-8,11-13,15,17-18H2,1-5H3,(H,46,51)(H,43,44,45)/t20-,37+/m1/s1. The Morgan fingerprint density at radius 1 is 1.24 bits per heavy atom. The summed E-state index contributed by atoms with van der Waals surface area (Å²) in [5.74, 6) is -2.24. The molecular formula is C37H39ClF3N7O5S. The number of nitrogens with zero attached hydrogens (tertiary/aromatic N) is 5. The maximum Gasteiger partial charge on any atom is 0.412 e. The predicted octanol–water partition coefficient (Wildman–Crippen LogP) is 7.81. The predicted molar refractivity (Wildman–Crippen MR) is 200 cm³/mol. The van der Waals surface area contributed by atoms with Gasteiger partial charge in [0.2, 0.25) is 11.8 Å². The maximum atomic E-state index is 17.0. The molecule has 6 rings (SSSR count).